The molecule has 0 atom stereocenters. The fourth-order valence-electron chi connectivity index (χ4n) is 1.51. The Morgan fingerprint density at radius 1 is 1.29 bits per heavy atom. The molecule has 0 aliphatic carbocycles. The molecule has 0 radical (unpaired) electrons. The molecule has 1 N–H and O–H groups in total. The van der Waals surface area contributed by atoms with E-state index in [0.29, 0.717) is 5.56 Å². The minimum Gasteiger partial charge on any atom is -0.370 e. The maximum atomic E-state index is 9.00. The number of rotatable bonds is 3. The molecule has 0 bridgehead atoms. The Hall–Kier alpha value is -1.86. The molecule has 0 saturated heterocycles. The topological polar surface area (TPSA) is 48.7 Å². The zero-order valence-corrected chi connectivity index (χ0v) is 10.6. The first-order valence-electron chi connectivity index (χ1n) is 5.36. The van der Waals surface area contributed by atoms with E-state index in [2.05, 4.69) is 46.9 Å². The van der Waals surface area contributed by atoms with Gasteiger partial charge in [-0.15, -0.1) is 0 Å². The van der Waals surface area contributed by atoms with Crippen molar-refractivity contribution in [1.82, 2.24) is 4.37 Å². The van der Waals surface area contributed by atoms with E-state index in [4.69, 9.17) is 5.26 Å². The van der Waals surface area contributed by atoms with Crippen LogP contribution in [0.3, 0.4) is 0 Å². The van der Waals surface area contributed by atoms with Crippen molar-refractivity contribution in [2.45, 2.75) is 20.4 Å². The van der Waals surface area contributed by atoms with Gasteiger partial charge in [0.25, 0.3) is 0 Å². The number of aryl methyl sites for hydroxylation is 2. The quantitative estimate of drug-likeness (QED) is 0.900. The smallest absolute Gasteiger partial charge is 0.127 e. The van der Waals surface area contributed by atoms with Gasteiger partial charge in [0.1, 0.15) is 16.6 Å². The summed E-state index contributed by atoms with van der Waals surface area (Å²) in [6, 6.07) is 10.5. The van der Waals surface area contributed by atoms with Gasteiger partial charge in [-0.3, -0.25) is 0 Å². The predicted octanol–water partition coefficient (Wildman–Crippen LogP) is 3.24. The summed E-state index contributed by atoms with van der Waals surface area (Å²) in [7, 11) is 0. The highest BCUT2D eigenvalue weighted by Crippen LogP contribution is 2.23. The predicted molar refractivity (Wildman–Crippen MR) is 70.1 cm³/mol. The second-order valence-electron chi connectivity index (χ2n) is 3.92. The SMILES string of the molecule is Cc1ccc(CNc2snc(C)c2C#N)cc1. The lowest BCUT2D eigenvalue weighted by molar-refractivity contribution is 1.15. The van der Waals surface area contributed by atoms with Crippen LogP contribution in [0.25, 0.3) is 0 Å². The van der Waals surface area contributed by atoms with E-state index in [-0.39, 0.29) is 0 Å². The molecule has 0 unspecified atom stereocenters. The summed E-state index contributed by atoms with van der Waals surface area (Å²) < 4.78 is 4.17. The largest absolute Gasteiger partial charge is 0.370 e. The molecule has 2 aromatic rings. The number of aromatic nitrogens is 1. The minimum absolute atomic E-state index is 0.655. The molecule has 0 fully saturated rings. The van der Waals surface area contributed by atoms with Gasteiger partial charge in [-0.25, -0.2) is 0 Å². The van der Waals surface area contributed by atoms with Crippen molar-refractivity contribution in [3.63, 3.8) is 0 Å². The summed E-state index contributed by atoms with van der Waals surface area (Å²) in [5, 5.41) is 13.1. The van der Waals surface area contributed by atoms with E-state index in [0.717, 1.165) is 17.2 Å². The van der Waals surface area contributed by atoms with Gasteiger partial charge in [0.2, 0.25) is 0 Å². The minimum atomic E-state index is 0.655. The third-order valence-corrected chi connectivity index (χ3v) is 3.44. The van der Waals surface area contributed by atoms with Gasteiger partial charge in [-0.05, 0) is 30.9 Å². The highest BCUT2D eigenvalue weighted by molar-refractivity contribution is 7.10. The van der Waals surface area contributed by atoms with Crippen molar-refractivity contribution in [3.05, 3.63) is 46.6 Å². The van der Waals surface area contributed by atoms with Crippen LogP contribution in [-0.4, -0.2) is 4.37 Å². The second kappa shape index (κ2) is 4.98. The first-order valence-corrected chi connectivity index (χ1v) is 6.14. The molecule has 0 saturated carbocycles. The monoisotopic (exact) mass is 243 g/mol. The Morgan fingerprint density at radius 2 is 2.00 bits per heavy atom. The summed E-state index contributed by atoms with van der Waals surface area (Å²) in [5.74, 6) is 0. The number of nitrogens with zero attached hydrogens (tertiary/aromatic N) is 2. The van der Waals surface area contributed by atoms with Crippen LogP contribution in [0.1, 0.15) is 22.4 Å². The average molecular weight is 243 g/mol. The molecule has 3 nitrogen and oxygen atoms in total. The number of benzene rings is 1. The Kier molecular flexibility index (Phi) is 3.40. The first kappa shape index (κ1) is 11.6. The van der Waals surface area contributed by atoms with E-state index in [1.165, 1.54) is 22.7 Å². The summed E-state index contributed by atoms with van der Waals surface area (Å²) >= 11 is 1.34. The van der Waals surface area contributed by atoms with Crippen molar-refractivity contribution in [3.8, 4) is 6.07 Å². The number of hydrogen-bond acceptors (Lipinski definition) is 4. The van der Waals surface area contributed by atoms with Crippen molar-refractivity contribution >= 4 is 16.5 Å². The van der Waals surface area contributed by atoms with Crippen LogP contribution >= 0.6 is 11.5 Å². The molecular weight excluding hydrogens is 230 g/mol. The van der Waals surface area contributed by atoms with E-state index < -0.39 is 0 Å². The standard InChI is InChI=1S/C13H13N3S/c1-9-3-5-11(6-4-9)8-15-13-12(7-14)10(2)16-17-13/h3-6,15H,8H2,1-2H3. The molecule has 0 spiro atoms. The van der Waals surface area contributed by atoms with Crippen LogP contribution in [0.15, 0.2) is 24.3 Å². The first-order chi connectivity index (χ1) is 8.20. The lowest BCUT2D eigenvalue weighted by Crippen LogP contribution is -1.99. The van der Waals surface area contributed by atoms with Crippen molar-refractivity contribution in [2.24, 2.45) is 0 Å². The van der Waals surface area contributed by atoms with Gasteiger partial charge in [-0.1, -0.05) is 29.8 Å². The lowest BCUT2D eigenvalue weighted by Gasteiger charge is -2.04. The van der Waals surface area contributed by atoms with Gasteiger partial charge >= 0.3 is 0 Å². The lowest BCUT2D eigenvalue weighted by atomic mass is 10.1. The average Bonchev–Trinajstić information content (AvgIpc) is 2.69. The summed E-state index contributed by atoms with van der Waals surface area (Å²) in [5.41, 5.74) is 3.90. The molecule has 0 aliphatic heterocycles. The van der Waals surface area contributed by atoms with E-state index >= 15 is 0 Å². The van der Waals surface area contributed by atoms with Crippen molar-refractivity contribution < 1.29 is 0 Å². The van der Waals surface area contributed by atoms with E-state index in [1.54, 1.807) is 0 Å². The number of nitrogens with one attached hydrogen (secondary N) is 1. The third kappa shape index (κ3) is 2.63. The molecule has 0 amide bonds. The molecule has 17 heavy (non-hydrogen) atoms. The highest BCUT2D eigenvalue weighted by atomic mass is 32.1. The fraction of sp³-hybridized carbons (Fsp3) is 0.231. The van der Waals surface area contributed by atoms with Crippen LogP contribution in [-0.2, 0) is 6.54 Å². The van der Waals surface area contributed by atoms with Gasteiger partial charge in [0.05, 0.1) is 5.69 Å². The zero-order valence-electron chi connectivity index (χ0n) is 9.82. The van der Waals surface area contributed by atoms with Crippen LogP contribution < -0.4 is 5.32 Å². The van der Waals surface area contributed by atoms with Gasteiger partial charge in [0, 0.05) is 6.54 Å². The number of hydrogen-bond donors (Lipinski definition) is 1. The zero-order chi connectivity index (χ0) is 12.3. The second-order valence-corrected chi connectivity index (χ2v) is 4.70. The summed E-state index contributed by atoms with van der Waals surface area (Å²) in [4.78, 5) is 0. The molecule has 1 aromatic carbocycles. The van der Waals surface area contributed by atoms with Crippen LogP contribution in [0.2, 0.25) is 0 Å². The molecular formula is C13H13N3S. The Morgan fingerprint density at radius 3 is 2.65 bits per heavy atom. The van der Waals surface area contributed by atoms with E-state index in [1.807, 2.05) is 6.92 Å². The maximum absolute atomic E-state index is 9.00. The molecule has 1 aromatic heterocycles. The number of anilines is 1. The van der Waals surface area contributed by atoms with Crippen LogP contribution in [0, 0.1) is 25.2 Å². The van der Waals surface area contributed by atoms with Gasteiger partial charge < -0.3 is 5.32 Å². The number of nitriles is 1. The molecule has 2 rings (SSSR count). The van der Waals surface area contributed by atoms with Crippen molar-refractivity contribution in [1.29, 1.82) is 5.26 Å². The fourth-order valence-corrected chi connectivity index (χ4v) is 2.25. The highest BCUT2D eigenvalue weighted by Gasteiger charge is 2.09. The van der Waals surface area contributed by atoms with Crippen molar-refractivity contribution in [2.75, 3.05) is 5.32 Å². The van der Waals surface area contributed by atoms with Crippen LogP contribution in [0.4, 0.5) is 5.00 Å². The summed E-state index contributed by atoms with van der Waals surface area (Å²) in [6.45, 7) is 4.64. The molecule has 0 aliphatic rings. The van der Waals surface area contributed by atoms with Crippen LogP contribution in [0.5, 0.6) is 0 Å². The Balaban J connectivity index is 2.08. The Bertz CT molecular complexity index is 549. The Labute approximate surface area is 105 Å². The third-order valence-electron chi connectivity index (χ3n) is 2.55. The molecule has 4 heteroatoms. The maximum Gasteiger partial charge on any atom is 0.127 e. The van der Waals surface area contributed by atoms with Gasteiger partial charge in [0.15, 0.2) is 0 Å². The molecule has 1 heterocycles. The normalized spacial score (nSPS) is 9.94. The summed E-state index contributed by atoms with van der Waals surface area (Å²) in [6.07, 6.45) is 0. The molecule has 86 valence electrons. The van der Waals surface area contributed by atoms with Gasteiger partial charge in [-0.2, -0.15) is 9.64 Å². The van der Waals surface area contributed by atoms with E-state index in [9.17, 15) is 0 Å².